The summed E-state index contributed by atoms with van der Waals surface area (Å²) in [7, 11) is 1.75. The van der Waals surface area contributed by atoms with Crippen LogP contribution in [0.5, 0.6) is 0 Å². The van der Waals surface area contributed by atoms with E-state index < -0.39 is 16.1 Å². The number of halogens is 3. The molecule has 2 aromatic rings. The fourth-order valence-electron chi connectivity index (χ4n) is 2.48. The molecule has 1 aromatic heterocycles. The molecule has 0 saturated heterocycles. The lowest BCUT2D eigenvalue weighted by Gasteiger charge is -2.27. The Morgan fingerprint density at radius 3 is 2.41 bits per heavy atom. The second-order valence-electron chi connectivity index (χ2n) is 5.87. The van der Waals surface area contributed by atoms with Gasteiger partial charge in [0.25, 0.3) is 5.56 Å². The van der Waals surface area contributed by atoms with E-state index in [1.807, 2.05) is 30.3 Å². The van der Waals surface area contributed by atoms with Crippen molar-refractivity contribution in [1.29, 1.82) is 0 Å². The number of benzene rings is 1. The summed E-state index contributed by atoms with van der Waals surface area (Å²) in [5.41, 5.74) is 1.25. The number of rotatable bonds is 5. The number of nitrogens with one attached hydrogen (secondary N) is 3. The summed E-state index contributed by atoms with van der Waals surface area (Å²) in [5, 5.41) is 7.83. The molecular formula is C17H20Cl3N5O3S. The molecule has 12 heteroatoms. The highest BCUT2D eigenvalue weighted by Crippen LogP contribution is 2.29. The first kappa shape index (κ1) is 23.3. The van der Waals surface area contributed by atoms with Gasteiger partial charge in [0.2, 0.25) is 3.79 Å². The minimum atomic E-state index is -1.94. The molecule has 0 saturated carbocycles. The van der Waals surface area contributed by atoms with E-state index in [-0.39, 0.29) is 23.0 Å². The zero-order chi connectivity index (χ0) is 21.8. The largest absolute Gasteiger partial charge is 0.450 e. The van der Waals surface area contributed by atoms with Gasteiger partial charge in [0.15, 0.2) is 11.3 Å². The topological polar surface area (TPSA) is 89.3 Å². The van der Waals surface area contributed by atoms with E-state index in [2.05, 4.69) is 16.0 Å². The van der Waals surface area contributed by atoms with Gasteiger partial charge in [-0.3, -0.25) is 14.8 Å². The minimum absolute atomic E-state index is 0.0239. The van der Waals surface area contributed by atoms with Crippen molar-refractivity contribution in [3.63, 3.8) is 0 Å². The van der Waals surface area contributed by atoms with Gasteiger partial charge in [0.1, 0.15) is 5.69 Å². The minimum Gasteiger partial charge on any atom is -0.450 e. The quantitative estimate of drug-likeness (QED) is 0.346. The van der Waals surface area contributed by atoms with Gasteiger partial charge in [0.05, 0.1) is 18.0 Å². The molecule has 0 aliphatic rings. The first-order valence-corrected chi connectivity index (χ1v) is 10.0. The van der Waals surface area contributed by atoms with E-state index in [0.717, 1.165) is 0 Å². The van der Waals surface area contributed by atoms with Crippen LogP contribution in [0.3, 0.4) is 0 Å². The zero-order valence-corrected chi connectivity index (χ0v) is 18.9. The summed E-state index contributed by atoms with van der Waals surface area (Å²) in [6, 6.07) is 9.13. The van der Waals surface area contributed by atoms with Crippen molar-refractivity contribution < 1.29 is 9.53 Å². The molecule has 0 fully saturated rings. The molecule has 0 spiro atoms. The second-order valence-corrected chi connectivity index (χ2v) is 8.65. The number of hydrogen-bond acceptors (Lipinski definition) is 4. The monoisotopic (exact) mass is 479 g/mol. The molecule has 0 aliphatic heterocycles. The van der Waals surface area contributed by atoms with Crippen LogP contribution in [-0.4, -0.2) is 37.1 Å². The molecule has 0 aliphatic carbocycles. The molecule has 0 radical (unpaired) electrons. The van der Waals surface area contributed by atoms with Gasteiger partial charge in [-0.05, 0) is 38.2 Å². The van der Waals surface area contributed by atoms with E-state index in [1.165, 1.54) is 4.68 Å². The van der Waals surface area contributed by atoms with Crippen LogP contribution < -0.4 is 21.5 Å². The Labute approximate surface area is 188 Å². The van der Waals surface area contributed by atoms with Crippen LogP contribution in [-0.2, 0) is 11.8 Å². The van der Waals surface area contributed by atoms with Crippen LogP contribution in [0.1, 0.15) is 12.6 Å². The first-order valence-electron chi connectivity index (χ1n) is 8.47. The number of hydrogen-bond donors (Lipinski definition) is 3. The standard InChI is InChI=1S/C17H20Cl3N5O3S/c1-4-28-16(27)23-14(17(18,19)20)22-15(29)21-12-10(2)24(3)25(13(12)26)11-8-6-5-7-9-11/h5-9,14H,4H2,1-3H3,(H,23,27)(H2,21,22,29)/t14-/m0/s1. The first-order chi connectivity index (χ1) is 13.6. The molecule has 0 unspecified atom stereocenters. The smallest absolute Gasteiger partial charge is 0.408 e. The Bertz CT molecular complexity index is 940. The fourth-order valence-corrected chi connectivity index (χ4v) is 3.03. The second kappa shape index (κ2) is 9.71. The number of ether oxygens (including phenoxy) is 1. The van der Waals surface area contributed by atoms with Crippen molar-refractivity contribution >= 4 is 63.9 Å². The highest BCUT2D eigenvalue weighted by molar-refractivity contribution is 7.80. The predicted molar refractivity (Wildman–Crippen MR) is 119 cm³/mol. The van der Waals surface area contributed by atoms with Crippen molar-refractivity contribution in [3.8, 4) is 5.69 Å². The maximum Gasteiger partial charge on any atom is 0.408 e. The number of carbonyl (C=O) groups is 1. The third kappa shape index (κ3) is 5.79. The van der Waals surface area contributed by atoms with Crippen molar-refractivity contribution in [2.75, 3.05) is 11.9 Å². The van der Waals surface area contributed by atoms with Crippen LogP contribution in [0, 0.1) is 6.92 Å². The Balaban J connectivity index is 2.24. The van der Waals surface area contributed by atoms with Crippen molar-refractivity contribution in [3.05, 3.63) is 46.4 Å². The van der Waals surface area contributed by atoms with Gasteiger partial charge in [-0.25, -0.2) is 9.48 Å². The third-order valence-electron chi connectivity index (χ3n) is 3.93. The van der Waals surface area contributed by atoms with Crippen LogP contribution in [0.2, 0.25) is 0 Å². The summed E-state index contributed by atoms with van der Waals surface area (Å²) in [6.45, 7) is 3.54. The molecule has 3 N–H and O–H groups in total. The highest BCUT2D eigenvalue weighted by atomic mass is 35.6. The lowest BCUT2D eigenvalue weighted by molar-refractivity contribution is 0.147. The average Bonchev–Trinajstić information content (AvgIpc) is 2.85. The van der Waals surface area contributed by atoms with Gasteiger partial charge in [0, 0.05) is 7.05 Å². The lowest BCUT2D eigenvalue weighted by atomic mass is 10.3. The van der Waals surface area contributed by atoms with E-state index in [4.69, 9.17) is 51.8 Å². The Morgan fingerprint density at radius 1 is 1.24 bits per heavy atom. The molecular weight excluding hydrogens is 461 g/mol. The SMILES string of the molecule is CCOC(=O)N[C@H](NC(=S)Nc1c(C)n(C)n(-c2ccccc2)c1=O)C(Cl)(Cl)Cl. The molecule has 0 bridgehead atoms. The van der Waals surface area contributed by atoms with Gasteiger partial charge < -0.3 is 15.4 Å². The number of aromatic nitrogens is 2. The summed E-state index contributed by atoms with van der Waals surface area (Å²) in [5.74, 6) is 0. The maximum absolute atomic E-state index is 12.9. The van der Waals surface area contributed by atoms with Crippen LogP contribution in [0.25, 0.3) is 5.69 Å². The van der Waals surface area contributed by atoms with Gasteiger partial charge >= 0.3 is 6.09 Å². The van der Waals surface area contributed by atoms with Crippen molar-refractivity contribution in [2.24, 2.45) is 7.05 Å². The zero-order valence-electron chi connectivity index (χ0n) is 15.8. The number of nitrogens with zero attached hydrogens (tertiary/aromatic N) is 2. The van der Waals surface area contributed by atoms with Gasteiger partial charge in [-0.2, -0.15) is 0 Å². The van der Waals surface area contributed by atoms with Crippen LogP contribution in [0.15, 0.2) is 35.1 Å². The summed E-state index contributed by atoms with van der Waals surface area (Å²) < 4.78 is 6.03. The summed E-state index contributed by atoms with van der Waals surface area (Å²) in [4.78, 5) is 24.6. The van der Waals surface area contributed by atoms with E-state index in [0.29, 0.717) is 11.4 Å². The molecule has 8 nitrogen and oxygen atoms in total. The number of anilines is 1. The Hall–Kier alpha value is -1.94. The van der Waals surface area contributed by atoms with E-state index >= 15 is 0 Å². The Kier molecular flexibility index (Phi) is 7.81. The maximum atomic E-state index is 12.9. The lowest BCUT2D eigenvalue weighted by Crippen LogP contribution is -2.56. The number of alkyl carbamates (subject to hydrolysis) is 1. The van der Waals surface area contributed by atoms with Crippen molar-refractivity contribution in [2.45, 2.75) is 23.8 Å². The molecule has 2 rings (SSSR count). The van der Waals surface area contributed by atoms with Crippen LogP contribution in [0.4, 0.5) is 10.5 Å². The molecule has 1 amide bonds. The number of carbonyl (C=O) groups excluding carboxylic acids is 1. The summed E-state index contributed by atoms with van der Waals surface area (Å²) in [6.07, 6.45) is -1.99. The normalized spacial score (nSPS) is 12.2. The molecule has 1 aromatic carbocycles. The van der Waals surface area contributed by atoms with Gasteiger partial charge in [-0.15, -0.1) is 0 Å². The molecule has 158 valence electrons. The molecule has 1 atom stereocenters. The summed E-state index contributed by atoms with van der Waals surface area (Å²) >= 11 is 22.9. The predicted octanol–water partition coefficient (Wildman–Crippen LogP) is 3.21. The van der Waals surface area contributed by atoms with E-state index in [9.17, 15) is 9.59 Å². The van der Waals surface area contributed by atoms with Crippen molar-refractivity contribution in [1.82, 2.24) is 20.0 Å². The number of alkyl halides is 3. The number of amides is 1. The van der Waals surface area contributed by atoms with Gasteiger partial charge in [-0.1, -0.05) is 53.0 Å². The fraction of sp³-hybridized carbons (Fsp3) is 0.353. The number of thiocarbonyl (C=S) groups is 1. The highest BCUT2D eigenvalue weighted by Gasteiger charge is 2.35. The molecule has 1 heterocycles. The van der Waals surface area contributed by atoms with Crippen LogP contribution >= 0.6 is 47.0 Å². The average molecular weight is 481 g/mol. The molecule has 29 heavy (non-hydrogen) atoms. The van der Waals surface area contributed by atoms with E-state index in [1.54, 1.807) is 25.6 Å². The number of para-hydroxylation sites is 1. The Morgan fingerprint density at radius 2 is 1.86 bits per heavy atom. The third-order valence-corrected chi connectivity index (χ3v) is 4.81.